The first kappa shape index (κ1) is 32.6. The summed E-state index contributed by atoms with van der Waals surface area (Å²) in [5.41, 5.74) is 3.74. The van der Waals surface area contributed by atoms with Gasteiger partial charge in [0.25, 0.3) is 10.0 Å². The zero-order chi connectivity index (χ0) is 31.1. The van der Waals surface area contributed by atoms with Gasteiger partial charge in [-0.1, -0.05) is 79.7 Å². The summed E-state index contributed by atoms with van der Waals surface area (Å²) in [4.78, 5) is 29.6. The highest BCUT2D eigenvalue weighted by atomic mass is 35.5. The highest BCUT2D eigenvalue weighted by Gasteiger charge is 2.35. The summed E-state index contributed by atoms with van der Waals surface area (Å²) in [6.07, 6.45) is 5.51. The number of carbonyl (C=O) groups is 2. The fourth-order valence-electron chi connectivity index (χ4n) is 5.59. The molecule has 9 heteroatoms. The highest BCUT2D eigenvalue weighted by molar-refractivity contribution is 7.92. The third-order valence-electron chi connectivity index (χ3n) is 8.12. The smallest absolute Gasteiger partial charge is 0.264 e. The monoisotopic (exact) mass is 623 g/mol. The van der Waals surface area contributed by atoms with Gasteiger partial charge in [-0.3, -0.25) is 13.9 Å². The molecule has 3 aromatic rings. The summed E-state index contributed by atoms with van der Waals surface area (Å²) in [6.45, 7) is 7.16. The molecule has 3 aromatic carbocycles. The zero-order valence-electron chi connectivity index (χ0n) is 25.5. The van der Waals surface area contributed by atoms with Crippen LogP contribution in [0.1, 0.15) is 67.7 Å². The average molecular weight is 624 g/mol. The molecule has 0 saturated heterocycles. The molecule has 230 valence electrons. The quantitative estimate of drug-likeness (QED) is 0.257. The Balaban J connectivity index is 1.73. The largest absolute Gasteiger partial charge is 0.352 e. The normalized spacial score (nSPS) is 14.6. The molecule has 1 saturated carbocycles. The lowest BCUT2D eigenvalue weighted by Crippen LogP contribution is -2.54. The van der Waals surface area contributed by atoms with E-state index in [-0.39, 0.29) is 23.4 Å². The number of carbonyl (C=O) groups excluding carboxylic acids is 2. The van der Waals surface area contributed by atoms with Crippen molar-refractivity contribution >= 4 is 39.1 Å². The Morgan fingerprint density at radius 1 is 0.907 bits per heavy atom. The zero-order valence-corrected chi connectivity index (χ0v) is 27.0. The summed E-state index contributed by atoms with van der Waals surface area (Å²) in [6, 6.07) is 18.6. The Kier molecular flexibility index (Phi) is 10.9. The highest BCUT2D eigenvalue weighted by Crippen LogP contribution is 2.29. The van der Waals surface area contributed by atoms with Gasteiger partial charge in [-0.15, -0.1) is 0 Å². The summed E-state index contributed by atoms with van der Waals surface area (Å²) in [5.74, 6) is -0.673. The van der Waals surface area contributed by atoms with E-state index >= 15 is 0 Å². The van der Waals surface area contributed by atoms with E-state index in [2.05, 4.69) is 5.32 Å². The number of anilines is 1. The number of amides is 2. The second kappa shape index (κ2) is 14.4. The van der Waals surface area contributed by atoms with E-state index in [9.17, 15) is 18.0 Å². The Bertz CT molecular complexity index is 1520. The Morgan fingerprint density at radius 2 is 1.53 bits per heavy atom. The van der Waals surface area contributed by atoms with Gasteiger partial charge in [-0.2, -0.15) is 0 Å². The van der Waals surface area contributed by atoms with E-state index in [0.717, 1.165) is 54.4 Å². The molecule has 0 bridgehead atoms. The van der Waals surface area contributed by atoms with Gasteiger partial charge in [0.15, 0.2) is 0 Å². The van der Waals surface area contributed by atoms with Crippen LogP contribution in [0.3, 0.4) is 0 Å². The van der Waals surface area contributed by atoms with Crippen molar-refractivity contribution in [2.75, 3.05) is 10.8 Å². The average Bonchev–Trinajstić information content (AvgIpc) is 2.98. The van der Waals surface area contributed by atoms with Crippen molar-refractivity contribution < 1.29 is 18.0 Å². The number of nitrogens with zero attached hydrogens (tertiary/aromatic N) is 2. The number of sulfonamides is 1. The maximum Gasteiger partial charge on any atom is 0.264 e. The Morgan fingerprint density at radius 3 is 2.16 bits per heavy atom. The molecule has 1 unspecified atom stereocenters. The molecule has 4 rings (SSSR count). The Hall–Kier alpha value is -3.36. The first-order chi connectivity index (χ1) is 20.5. The molecule has 7 nitrogen and oxygen atoms in total. The van der Waals surface area contributed by atoms with Crippen LogP contribution in [-0.4, -0.2) is 43.8 Å². The summed E-state index contributed by atoms with van der Waals surface area (Å²) in [5, 5.41) is 3.74. The van der Waals surface area contributed by atoms with Crippen LogP contribution in [0.15, 0.2) is 71.6 Å². The van der Waals surface area contributed by atoms with Crippen LogP contribution in [0.5, 0.6) is 0 Å². The predicted molar refractivity (Wildman–Crippen MR) is 173 cm³/mol. The van der Waals surface area contributed by atoms with Gasteiger partial charge >= 0.3 is 0 Å². The molecule has 0 spiro atoms. The number of hydrogen-bond donors (Lipinski definition) is 1. The minimum Gasteiger partial charge on any atom is -0.352 e. The van der Waals surface area contributed by atoms with Crippen LogP contribution < -0.4 is 9.62 Å². The third-order valence-corrected chi connectivity index (χ3v) is 10.2. The van der Waals surface area contributed by atoms with Crippen LogP contribution in [0.2, 0.25) is 5.02 Å². The van der Waals surface area contributed by atoms with Gasteiger partial charge in [0.1, 0.15) is 12.6 Å². The van der Waals surface area contributed by atoms with E-state index in [1.807, 2.05) is 52.0 Å². The van der Waals surface area contributed by atoms with Crippen molar-refractivity contribution in [3.8, 4) is 0 Å². The molecule has 0 aliphatic heterocycles. The molecule has 0 aromatic heterocycles. The van der Waals surface area contributed by atoms with Crippen molar-refractivity contribution in [1.29, 1.82) is 0 Å². The van der Waals surface area contributed by atoms with E-state index < -0.39 is 28.5 Å². The van der Waals surface area contributed by atoms with Crippen molar-refractivity contribution in [1.82, 2.24) is 10.2 Å². The SMILES string of the molecule is CCC(C(=O)NC1CCCCC1)N(Cc1ccc(Cl)cc1)C(=O)CN(c1cc(C)ccc1C)S(=O)(=O)c1ccc(C)cc1. The van der Waals surface area contributed by atoms with E-state index in [1.165, 1.54) is 9.21 Å². The fourth-order valence-corrected chi connectivity index (χ4v) is 7.19. The molecule has 1 aliphatic rings. The minimum atomic E-state index is -4.12. The van der Waals surface area contributed by atoms with Gasteiger partial charge < -0.3 is 10.2 Å². The van der Waals surface area contributed by atoms with E-state index in [4.69, 9.17) is 11.6 Å². The molecule has 0 heterocycles. The van der Waals surface area contributed by atoms with Gasteiger partial charge in [-0.25, -0.2) is 8.42 Å². The van der Waals surface area contributed by atoms with Gasteiger partial charge in [-0.05, 0) is 87.1 Å². The number of hydrogen-bond acceptors (Lipinski definition) is 4. The molecule has 1 atom stereocenters. The van der Waals surface area contributed by atoms with E-state index in [0.29, 0.717) is 17.1 Å². The van der Waals surface area contributed by atoms with Crippen molar-refractivity contribution in [3.63, 3.8) is 0 Å². The van der Waals surface area contributed by atoms with Gasteiger partial charge in [0.05, 0.1) is 10.6 Å². The lowest BCUT2D eigenvalue weighted by atomic mass is 9.95. The predicted octanol–water partition coefficient (Wildman–Crippen LogP) is 6.72. The number of halogens is 1. The van der Waals surface area contributed by atoms with Crippen LogP contribution in [-0.2, 0) is 26.2 Å². The molecule has 43 heavy (non-hydrogen) atoms. The number of aryl methyl sites for hydroxylation is 3. The molecule has 1 N–H and O–H groups in total. The minimum absolute atomic E-state index is 0.0798. The standard InChI is InChI=1S/C34H42ClN3O4S/c1-5-31(34(40)36-29-9-7-6-8-10-29)37(22-27-15-17-28(35)18-16-27)33(39)23-38(32-21-25(3)11-14-26(32)4)43(41,42)30-19-12-24(2)13-20-30/h11-21,29,31H,5-10,22-23H2,1-4H3,(H,36,40). The summed E-state index contributed by atoms with van der Waals surface area (Å²) < 4.78 is 29.5. The van der Waals surface area contributed by atoms with Crippen molar-refractivity contribution in [3.05, 3.63) is 94.0 Å². The number of nitrogens with one attached hydrogen (secondary N) is 1. The molecular formula is C34H42ClN3O4S. The number of rotatable bonds is 11. The van der Waals surface area contributed by atoms with Crippen LogP contribution >= 0.6 is 11.6 Å². The second-order valence-corrected chi connectivity index (χ2v) is 13.8. The first-order valence-electron chi connectivity index (χ1n) is 15.0. The van der Waals surface area contributed by atoms with E-state index in [1.54, 1.807) is 42.5 Å². The maximum atomic E-state index is 14.3. The van der Waals surface area contributed by atoms with Gasteiger partial charge in [0, 0.05) is 17.6 Å². The fraction of sp³-hybridized carbons (Fsp3) is 0.412. The third kappa shape index (κ3) is 8.18. The summed E-state index contributed by atoms with van der Waals surface area (Å²) in [7, 11) is -4.12. The van der Waals surface area contributed by atoms with Gasteiger partial charge in [0.2, 0.25) is 11.8 Å². The molecule has 2 amide bonds. The lowest BCUT2D eigenvalue weighted by molar-refractivity contribution is -0.140. The van der Waals surface area contributed by atoms with Crippen molar-refractivity contribution in [2.45, 2.75) is 89.7 Å². The topological polar surface area (TPSA) is 86.8 Å². The maximum absolute atomic E-state index is 14.3. The first-order valence-corrected chi connectivity index (χ1v) is 16.8. The molecule has 1 fully saturated rings. The molecular weight excluding hydrogens is 582 g/mol. The Labute approximate surface area is 261 Å². The lowest BCUT2D eigenvalue weighted by Gasteiger charge is -2.35. The molecule has 0 radical (unpaired) electrons. The second-order valence-electron chi connectivity index (χ2n) is 11.5. The van der Waals surface area contributed by atoms with Crippen LogP contribution in [0.4, 0.5) is 5.69 Å². The van der Waals surface area contributed by atoms with Crippen molar-refractivity contribution in [2.24, 2.45) is 0 Å². The molecule has 1 aliphatic carbocycles. The van der Waals surface area contributed by atoms with Crippen LogP contribution in [0.25, 0.3) is 0 Å². The number of benzene rings is 3. The summed E-state index contributed by atoms with van der Waals surface area (Å²) >= 11 is 6.12. The van der Waals surface area contributed by atoms with Crippen LogP contribution in [0, 0.1) is 20.8 Å².